The van der Waals surface area contributed by atoms with Crippen molar-refractivity contribution in [2.24, 2.45) is 5.92 Å². The molecule has 2 atom stereocenters. The zero-order valence-corrected chi connectivity index (χ0v) is 13.8. The Morgan fingerprint density at radius 2 is 1.85 bits per heavy atom. The summed E-state index contributed by atoms with van der Waals surface area (Å²) in [4.78, 5) is 23.3. The number of carboxylic acids is 1. The second-order valence-corrected chi connectivity index (χ2v) is 6.31. The molecular formula is C17H15F4N3O3. The molecule has 1 amide bonds. The highest BCUT2D eigenvalue weighted by Crippen LogP contribution is 2.34. The smallest absolute Gasteiger partial charge is 0.434 e. The fourth-order valence-electron chi connectivity index (χ4n) is 3.17. The lowest BCUT2D eigenvalue weighted by Crippen LogP contribution is -2.34. The third-order valence-electron chi connectivity index (χ3n) is 4.47. The number of alkyl halides is 3. The average Bonchev–Trinajstić information content (AvgIpc) is 3.22. The third kappa shape index (κ3) is 3.93. The normalized spacial score (nSPS) is 19.9. The number of aromatic nitrogens is 2. The van der Waals surface area contributed by atoms with Crippen LogP contribution in [0.3, 0.4) is 0 Å². The average molecular weight is 385 g/mol. The van der Waals surface area contributed by atoms with Gasteiger partial charge in [-0.05, 0) is 43.5 Å². The van der Waals surface area contributed by atoms with Gasteiger partial charge >= 0.3 is 12.1 Å². The molecule has 2 aromatic rings. The van der Waals surface area contributed by atoms with Crippen LogP contribution in [-0.2, 0) is 11.0 Å². The van der Waals surface area contributed by atoms with Crippen LogP contribution in [0.2, 0.25) is 0 Å². The molecule has 0 saturated heterocycles. The van der Waals surface area contributed by atoms with Gasteiger partial charge in [-0.2, -0.15) is 18.3 Å². The van der Waals surface area contributed by atoms with Crippen molar-refractivity contribution in [3.05, 3.63) is 47.5 Å². The van der Waals surface area contributed by atoms with E-state index in [0.29, 0.717) is 17.5 Å². The Labute approximate surface area is 150 Å². The van der Waals surface area contributed by atoms with Crippen LogP contribution in [0.15, 0.2) is 30.5 Å². The van der Waals surface area contributed by atoms with Gasteiger partial charge < -0.3 is 10.4 Å². The van der Waals surface area contributed by atoms with Crippen molar-refractivity contribution in [1.82, 2.24) is 15.1 Å². The lowest BCUT2D eigenvalue weighted by molar-refractivity contribution is -0.143. The maximum atomic E-state index is 13.6. The maximum absolute atomic E-state index is 13.6. The largest absolute Gasteiger partial charge is 0.481 e. The second kappa shape index (κ2) is 7.01. The molecule has 1 aromatic carbocycles. The Morgan fingerprint density at radius 1 is 1.19 bits per heavy atom. The maximum Gasteiger partial charge on any atom is 0.434 e. The van der Waals surface area contributed by atoms with Gasteiger partial charge in [0.1, 0.15) is 5.82 Å². The lowest BCUT2D eigenvalue weighted by atomic mass is 10.1. The summed E-state index contributed by atoms with van der Waals surface area (Å²) in [5, 5.41) is 15.1. The molecule has 10 heteroatoms. The highest BCUT2D eigenvalue weighted by atomic mass is 19.4. The Kier molecular flexibility index (Phi) is 4.90. The fourth-order valence-corrected chi connectivity index (χ4v) is 3.17. The Morgan fingerprint density at radius 3 is 2.41 bits per heavy atom. The summed E-state index contributed by atoms with van der Waals surface area (Å²) in [6, 6.07) is 3.69. The number of hydrogen-bond acceptors (Lipinski definition) is 3. The number of carboxylic acid groups (broad SMARTS) is 1. The summed E-state index contributed by atoms with van der Waals surface area (Å²) in [6.07, 6.45) is -3.20. The minimum atomic E-state index is -4.88. The lowest BCUT2D eigenvalue weighted by Gasteiger charge is -2.15. The van der Waals surface area contributed by atoms with E-state index in [2.05, 4.69) is 10.4 Å². The quantitative estimate of drug-likeness (QED) is 0.793. The first-order valence-electron chi connectivity index (χ1n) is 8.11. The van der Waals surface area contributed by atoms with Gasteiger partial charge in [0.2, 0.25) is 0 Å². The summed E-state index contributed by atoms with van der Waals surface area (Å²) in [5.74, 6) is -3.22. The van der Waals surface area contributed by atoms with Crippen LogP contribution in [0.1, 0.15) is 35.3 Å². The topological polar surface area (TPSA) is 84.2 Å². The van der Waals surface area contributed by atoms with Crippen LogP contribution in [0, 0.1) is 11.7 Å². The van der Waals surface area contributed by atoms with E-state index in [4.69, 9.17) is 5.11 Å². The molecule has 144 valence electrons. The first kappa shape index (κ1) is 18.9. The van der Waals surface area contributed by atoms with Crippen molar-refractivity contribution in [2.45, 2.75) is 31.5 Å². The van der Waals surface area contributed by atoms with Crippen molar-refractivity contribution in [3.8, 4) is 5.69 Å². The zero-order chi connectivity index (χ0) is 19.8. The number of hydrogen-bond donors (Lipinski definition) is 2. The molecule has 0 aliphatic heterocycles. The van der Waals surface area contributed by atoms with Crippen LogP contribution in [0.25, 0.3) is 5.69 Å². The van der Waals surface area contributed by atoms with Crippen molar-refractivity contribution >= 4 is 11.9 Å². The molecule has 1 aliphatic rings. The predicted octanol–water partition coefficient (Wildman–Crippen LogP) is 3.01. The van der Waals surface area contributed by atoms with Gasteiger partial charge in [0.05, 0.1) is 23.4 Å². The Hall–Kier alpha value is -2.91. The Balaban J connectivity index is 1.88. The molecule has 1 aliphatic carbocycles. The Bertz CT molecular complexity index is 861. The van der Waals surface area contributed by atoms with Crippen LogP contribution in [0.4, 0.5) is 17.6 Å². The number of benzene rings is 1. The van der Waals surface area contributed by atoms with Crippen LogP contribution < -0.4 is 5.32 Å². The molecule has 1 saturated carbocycles. The molecule has 0 unspecified atom stereocenters. The standard InChI is InChI=1S/C17H15F4N3O3/c18-10-2-5-12(6-3-10)24-14(17(19,20)21)13(8-22-24)15(25)23-11-4-1-9(7-11)16(26)27/h2-3,5-6,8-9,11H,1,4,7H2,(H,23,25)(H,26,27)/t9-,11+/m1/s1. The van der Waals surface area contributed by atoms with Gasteiger partial charge in [0.25, 0.3) is 5.91 Å². The fraction of sp³-hybridized carbons (Fsp3) is 0.353. The van der Waals surface area contributed by atoms with Gasteiger partial charge in [-0.1, -0.05) is 0 Å². The van der Waals surface area contributed by atoms with E-state index < -0.39 is 47.1 Å². The first-order valence-corrected chi connectivity index (χ1v) is 8.11. The highest BCUT2D eigenvalue weighted by Gasteiger charge is 2.41. The number of halogens is 4. The van der Waals surface area contributed by atoms with E-state index in [9.17, 15) is 27.2 Å². The molecule has 0 bridgehead atoms. The van der Waals surface area contributed by atoms with Gasteiger partial charge in [-0.3, -0.25) is 9.59 Å². The molecule has 1 fully saturated rings. The summed E-state index contributed by atoms with van der Waals surface area (Å²) < 4.78 is 54.2. The predicted molar refractivity (Wildman–Crippen MR) is 84.8 cm³/mol. The van der Waals surface area contributed by atoms with Crippen LogP contribution >= 0.6 is 0 Å². The van der Waals surface area contributed by atoms with E-state index in [0.717, 1.165) is 30.5 Å². The zero-order valence-electron chi connectivity index (χ0n) is 13.8. The van der Waals surface area contributed by atoms with E-state index in [1.807, 2.05) is 0 Å². The molecule has 1 heterocycles. The highest BCUT2D eigenvalue weighted by molar-refractivity contribution is 5.95. The van der Waals surface area contributed by atoms with Gasteiger partial charge in [-0.25, -0.2) is 9.07 Å². The van der Waals surface area contributed by atoms with Crippen molar-refractivity contribution < 1.29 is 32.3 Å². The summed E-state index contributed by atoms with van der Waals surface area (Å²) in [6.45, 7) is 0. The minimum absolute atomic E-state index is 0.0467. The first-order chi connectivity index (χ1) is 12.7. The molecule has 27 heavy (non-hydrogen) atoms. The number of rotatable bonds is 4. The van der Waals surface area contributed by atoms with Crippen LogP contribution in [-0.4, -0.2) is 32.8 Å². The molecule has 2 N–H and O–H groups in total. The number of amides is 1. The summed E-state index contributed by atoms with van der Waals surface area (Å²) in [5.41, 5.74) is -2.00. The molecular weight excluding hydrogens is 370 g/mol. The monoisotopic (exact) mass is 385 g/mol. The van der Waals surface area contributed by atoms with E-state index >= 15 is 0 Å². The third-order valence-corrected chi connectivity index (χ3v) is 4.47. The minimum Gasteiger partial charge on any atom is -0.481 e. The van der Waals surface area contributed by atoms with Gasteiger partial charge in [-0.15, -0.1) is 0 Å². The van der Waals surface area contributed by atoms with Crippen molar-refractivity contribution in [1.29, 1.82) is 0 Å². The van der Waals surface area contributed by atoms with E-state index in [1.54, 1.807) is 0 Å². The molecule has 1 aromatic heterocycles. The number of nitrogens with zero attached hydrogens (tertiary/aromatic N) is 2. The molecule has 0 spiro atoms. The molecule has 6 nitrogen and oxygen atoms in total. The van der Waals surface area contributed by atoms with Crippen molar-refractivity contribution in [3.63, 3.8) is 0 Å². The van der Waals surface area contributed by atoms with E-state index in [1.165, 1.54) is 0 Å². The van der Waals surface area contributed by atoms with Gasteiger partial charge in [0.15, 0.2) is 5.69 Å². The summed E-state index contributed by atoms with van der Waals surface area (Å²) in [7, 11) is 0. The van der Waals surface area contributed by atoms with E-state index in [-0.39, 0.29) is 12.1 Å². The van der Waals surface area contributed by atoms with Crippen LogP contribution in [0.5, 0.6) is 0 Å². The molecule has 3 rings (SSSR count). The second-order valence-electron chi connectivity index (χ2n) is 6.31. The number of nitrogens with one attached hydrogen (secondary N) is 1. The molecule has 0 radical (unpaired) electrons. The summed E-state index contributed by atoms with van der Waals surface area (Å²) >= 11 is 0. The number of carbonyl (C=O) groups is 2. The number of aliphatic carboxylic acids is 1. The van der Waals surface area contributed by atoms with Crippen molar-refractivity contribution in [2.75, 3.05) is 0 Å². The number of carbonyl (C=O) groups excluding carboxylic acids is 1. The van der Waals surface area contributed by atoms with Gasteiger partial charge in [0, 0.05) is 6.04 Å². The SMILES string of the molecule is O=C(N[C@H]1CC[C@@H](C(=O)O)C1)c1cnn(-c2ccc(F)cc2)c1C(F)(F)F.